The molecule has 0 saturated heterocycles. The number of benzene rings is 1. The minimum absolute atomic E-state index is 0.0145. The monoisotopic (exact) mass is 311 g/mol. The molecule has 0 aliphatic carbocycles. The van der Waals surface area contributed by atoms with Gasteiger partial charge in [-0.3, -0.25) is 9.59 Å². The number of nitrogens with zero attached hydrogens (tertiary/aromatic N) is 1. The molecular formula is C18H21N3O2. The first-order chi connectivity index (χ1) is 11.1. The van der Waals surface area contributed by atoms with Gasteiger partial charge in [0.2, 0.25) is 5.91 Å². The molecule has 120 valence electrons. The van der Waals surface area contributed by atoms with Gasteiger partial charge in [-0.25, -0.2) is 4.98 Å². The van der Waals surface area contributed by atoms with Gasteiger partial charge < -0.3 is 10.6 Å². The molecule has 0 saturated carbocycles. The van der Waals surface area contributed by atoms with Crippen molar-refractivity contribution in [3.05, 3.63) is 54.2 Å². The molecule has 0 aliphatic rings. The molecule has 5 heteroatoms. The van der Waals surface area contributed by atoms with E-state index in [9.17, 15) is 9.59 Å². The third-order valence-electron chi connectivity index (χ3n) is 3.68. The highest BCUT2D eigenvalue weighted by Crippen LogP contribution is 2.15. The van der Waals surface area contributed by atoms with Gasteiger partial charge >= 0.3 is 0 Å². The van der Waals surface area contributed by atoms with Gasteiger partial charge in [0.1, 0.15) is 5.82 Å². The molecule has 0 aliphatic heterocycles. The number of pyridine rings is 1. The molecule has 0 atom stereocenters. The topological polar surface area (TPSA) is 71.1 Å². The Morgan fingerprint density at radius 1 is 1.00 bits per heavy atom. The molecule has 0 unspecified atom stereocenters. The van der Waals surface area contributed by atoms with E-state index in [-0.39, 0.29) is 17.7 Å². The zero-order chi connectivity index (χ0) is 16.7. The number of amides is 2. The first-order valence-electron chi connectivity index (χ1n) is 7.77. The van der Waals surface area contributed by atoms with Crippen LogP contribution in [0.15, 0.2) is 48.7 Å². The van der Waals surface area contributed by atoms with Crippen molar-refractivity contribution < 1.29 is 9.59 Å². The molecule has 2 N–H and O–H groups in total. The fourth-order valence-electron chi connectivity index (χ4n) is 2.23. The zero-order valence-electron chi connectivity index (χ0n) is 13.4. The number of hydrogen-bond donors (Lipinski definition) is 2. The first kappa shape index (κ1) is 16.7. The van der Waals surface area contributed by atoms with E-state index in [1.54, 1.807) is 48.7 Å². The molecule has 1 aromatic heterocycles. The van der Waals surface area contributed by atoms with Crippen LogP contribution >= 0.6 is 0 Å². The number of carbonyl (C=O) groups is 2. The van der Waals surface area contributed by atoms with Gasteiger partial charge in [0.05, 0.1) is 0 Å². The third-order valence-corrected chi connectivity index (χ3v) is 3.68. The molecule has 0 fully saturated rings. The van der Waals surface area contributed by atoms with Crippen LogP contribution in [-0.4, -0.2) is 16.8 Å². The SMILES string of the molecule is CCC(CC)C(=O)Nc1ccc(C(=O)Nc2ccccn2)cc1. The van der Waals surface area contributed by atoms with Crippen LogP contribution in [0.3, 0.4) is 0 Å². The Bertz CT molecular complexity index is 650. The summed E-state index contributed by atoms with van der Waals surface area (Å²) in [5.74, 6) is 0.299. The van der Waals surface area contributed by atoms with Crippen LogP contribution in [0, 0.1) is 5.92 Å². The molecule has 2 amide bonds. The molecular weight excluding hydrogens is 290 g/mol. The van der Waals surface area contributed by atoms with E-state index < -0.39 is 0 Å². The van der Waals surface area contributed by atoms with Gasteiger partial charge in [-0.15, -0.1) is 0 Å². The van der Waals surface area contributed by atoms with Gasteiger partial charge in [0.25, 0.3) is 5.91 Å². The Hall–Kier alpha value is -2.69. The fraction of sp³-hybridized carbons (Fsp3) is 0.278. The number of aromatic nitrogens is 1. The van der Waals surface area contributed by atoms with Crippen molar-refractivity contribution in [2.75, 3.05) is 10.6 Å². The lowest BCUT2D eigenvalue weighted by Gasteiger charge is -2.13. The maximum atomic E-state index is 12.1. The summed E-state index contributed by atoms with van der Waals surface area (Å²) in [6.07, 6.45) is 3.24. The van der Waals surface area contributed by atoms with Crippen LogP contribution in [0.2, 0.25) is 0 Å². The first-order valence-corrected chi connectivity index (χ1v) is 7.77. The Morgan fingerprint density at radius 2 is 1.70 bits per heavy atom. The van der Waals surface area contributed by atoms with E-state index in [1.807, 2.05) is 13.8 Å². The van der Waals surface area contributed by atoms with Crippen molar-refractivity contribution in [2.24, 2.45) is 5.92 Å². The van der Waals surface area contributed by atoms with Crippen molar-refractivity contribution in [2.45, 2.75) is 26.7 Å². The summed E-state index contributed by atoms with van der Waals surface area (Å²) in [6.45, 7) is 4.00. The van der Waals surface area contributed by atoms with Gasteiger partial charge in [0.15, 0.2) is 0 Å². The van der Waals surface area contributed by atoms with Crippen LogP contribution < -0.4 is 10.6 Å². The molecule has 0 radical (unpaired) electrons. The van der Waals surface area contributed by atoms with E-state index in [4.69, 9.17) is 0 Å². The highest BCUT2D eigenvalue weighted by Gasteiger charge is 2.14. The molecule has 1 aromatic carbocycles. The van der Waals surface area contributed by atoms with Gasteiger partial charge in [-0.05, 0) is 49.2 Å². The molecule has 23 heavy (non-hydrogen) atoms. The molecule has 0 bridgehead atoms. The summed E-state index contributed by atoms with van der Waals surface area (Å²) in [7, 11) is 0. The summed E-state index contributed by atoms with van der Waals surface area (Å²) in [5.41, 5.74) is 1.20. The normalized spacial score (nSPS) is 10.4. The second-order valence-corrected chi connectivity index (χ2v) is 5.25. The van der Waals surface area contributed by atoms with Crippen molar-refractivity contribution in [1.82, 2.24) is 4.98 Å². The van der Waals surface area contributed by atoms with E-state index in [2.05, 4.69) is 15.6 Å². The average molecular weight is 311 g/mol. The van der Waals surface area contributed by atoms with Gasteiger partial charge in [-0.2, -0.15) is 0 Å². The summed E-state index contributed by atoms with van der Waals surface area (Å²) in [4.78, 5) is 28.2. The molecule has 0 spiro atoms. The van der Waals surface area contributed by atoms with E-state index in [0.29, 0.717) is 17.1 Å². The van der Waals surface area contributed by atoms with Crippen LogP contribution in [0.5, 0.6) is 0 Å². The quantitative estimate of drug-likeness (QED) is 0.854. The third kappa shape index (κ3) is 4.64. The summed E-state index contributed by atoms with van der Waals surface area (Å²) in [6, 6.07) is 12.1. The Labute approximate surface area is 136 Å². The predicted molar refractivity (Wildman–Crippen MR) is 91.3 cm³/mol. The van der Waals surface area contributed by atoms with Crippen molar-refractivity contribution >= 4 is 23.3 Å². The van der Waals surface area contributed by atoms with Gasteiger partial charge in [0, 0.05) is 23.4 Å². The second kappa shape index (κ2) is 8.08. The summed E-state index contributed by atoms with van der Waals surface area (Å²) in [5, 5.41) is 5.59. The number of rotatable bonds is 6. The van der Waals surface area contributed by atoms with E-state index >= 15 is 0 Å². The second-order valence-electron chi connectivity index (χ2n) is 5.25. The van der Waals surface area contributed by atoms with Crippen LogP contribution in [0.4, 0.5) is 11.5 Å². The standard InChI is InChI=1S/C18H21N3O2/c1-3-13(4-2)17(22)20-15-10-8-14(9-11-15)18(23)21-16-7-5-6-12-19-16/h5-13H,3-4H2,1-2H3,(H,20,22)(H,19,21,23). The average Bonchev–Trinajstić information content (AvgIpc) is 2.57. The lowest BCUT2D eigenvalue weighted by molar-refractivity contribution is -0.120. The zero-order valence-corrected chi connectivity index (χ0v) is 13.4. The van der Waals surface area contributed by atoms with Crippen LogP contribution in [0.25, 0.3) is 0 Å². The highest BCUT2D eigenvalue weighted by atomic mass is 16.2. The predicted octanol–water partition coefficient (Wildman–Crippen LogP) is 3.71. The van der Waals surface area contributed by atoms with Crippen LogP contribution in [0.1, 0.15) is 37.0 Å². The van der Waals surface area contributed by atoms with E-state index in [0.717, 1.165) is 12.8 Å². The van der Waals surface area contributed by atoms with Crippen LogP contribution in [-0.2, 0) is 4.79 Å². The maximum Gasteiger partial charge on any atom is 0.256 e. The Kier molecular flexibility index (Phi) is 5.86. The Morgan fingerprint density at radius 3 is 2.26 bits per heavy atom. The number of carbonyl (C=O) groups excluding carboxylic acids is 2. The summed E-state index contributed by atoms with van der Waals surface area (Å²) < 4.78 is 0. The lowest BCUT2D eigenvalue weighted by Crippen LogP contribution is -2.21. The van der Waals surface area contributed by atoms with Crippen molar-refractivity contribution in [3.63, 3.8) is 0 Å². The number of hydrogen-bond acceptors (Lipinski definition) is 3. The summed E-state index contributed by atoms with van der Waals surface area (Å²) >= 11 is 0. The van der Waals surface area contributed by atoms with Gasteiger partial charge in [-0.1, -0.05) is 19.9 Å². The van der Waals surface area contributed by atoms with E-state index in [1.165, 1.54) is 0 Å². The number of nitrogens with one attached hydrogen (secondary N) is 2. The molecule has 2 aromatic rings. The Balaban J connectivity index is 1.99. The smallest absolute Gasteiger partial charge is 0.256 e. The molecule has 5 nitrogen and oxygen atoms in total. The minimum Gasteiger partial charge on any atom is -0.326 e. The largest absolute Gasteiger partial charge is 0.326 e. The molecule has 2 rings (SSSR count). The maximum absolute atomic E-state index is 12.1. The lowest BCUT2D eigenvalue weighted by atomic mass is 10.0. The highest BCUT2D eigenvalue weighted by molar-refractivity contribution is 6.04. The van der Waals surface area contributed by atoms with Crippen molar-refractivity contribution in [1.29, 1.82) is 0 Å². The minimum atomic E-state index is -0.235. The fourth-order valence-corrected chi connectivity index (χ4v) is 2.23. The number of anilines is 2. The molecule has 1 heterocycles. The van der Waals surface area contributed by atoms with Crippen molar-refractivity contribution in [3.8, 4) is 0 Å².